The zero-order valence-electron chi connectivity index (χ0n) is 7.31. The van der Waals surface area contributed by atoms with Crippen molar-refractivity contribution in [2.45, 2.75) is 25.9 Å². The molecule has 1 N–H and O–H groups in total. The fourth-order valence-electron chi connectivity index (χ4n) is 0.793. The molecule has 0 aromatic heterocycles. The van der Waals surface area contributed by atoms with Gasteiger partial charge in [-0.1, -0.05) is 6.92 Å². The van der Waals surface area contributed by atoms with E-state index >= 15 is 0 Å². The minimum atomic E-state index is -0.510. The monoisotopic (exact) mass is 221 g/mol. The van der Waals surface area contributed by atoms with Crippen LogP contribution < -0.4 is 0 Å². The van der Waals surface area contributed by atoms with Crippen LogP contribution in [0.5, 0.6) is 0 Å². The van der Waals surface area contributed by atoms with E-state index in [0.717, 1.165) is 13.0 Å². The summed E-state index contributed by atoms with van der Waals surface area (Å²) in [4.78, 5) is 1.99. The number of hydrogen-bond acceptors (Lipinski definition) is 2. The van der Waals surface area contributed by atoms with Crippen LogP contribution in [0.1, 0.15) is 20.3 Å². The Hall–Kier alpha value is 0.803. The second-order valence-corrected chi connectivity index (χ2v) is 3.09. The van der Waals surface area contributed by atoms with Crippen LogP contribution in [0, 0.1) is 0 Å². The van der Waals surface area contributed by atoms with Crippen LogP contribution >= 0.6 is 0 Å². The molecule has 3 heteroatoms. The van der Waals surface area contributed by atoms with Crippen LogP contribution in [0.25, 0.3) is 0 Å². The molecule has 0 bridgehead atoms. The van der Waals surface area contributed by atoms with Gasteiger partial charge in [-0.3, -0.25) is 0 Å². The molecule has 0 aliphatic heterocycles. The second-order valence-electron chi connectivity index (χ2n) is 3.09. The van der Waals surface area contributed by atoms with E-state index in [-0.39, 0.29) is 26.2 Å². The zero-order chi connectivity index (χ0) is 7.49. The third-order valence-corrected chi connectivity index (χ3v) is 1.42. The van der Waals surface area contributed by atoms with Crippen LogP contribution in [-0.2, 0) is 26.2 Å². The van der Waals surface area contributed by atoms with Gasteiger partial charge in [0.05, 0.1) is 5.60 Å². The van der Waals surface area contributed by atoms with E-state index in [9.17, 15) is 5.11 Å². The molecule has 0 aliphatic rings. The molecule has 0 aromatic carbocycles. The summed E-state index contributed by atoms with van der Waals surface area (Å²) in [7, 11) is 3.92. The Balaban J connectivity index is 0. The molecule has 0 rings (SSSR count). The molecule has 1 unspecified atom stereocenters. The van der Waals surface area contributed by atoms with Gasteiger partial charge in [0.15, 0.2) is 0 Å². The normalized spacial score (nSPS) is 16.2. The summed E-state index contributed by atoms with van der Waals surface area (Å²) in [5.41, 5.74) is -0.510. The minimum Gasteiger partial charge on any atom is -0.389 e. The van der Waals surface area contributed by atoms with Gasteiger partial charge in [-0.15, -0.1) is 0 Å². The molecule has 60 valence electrons. The molecule has 0 spiro atoms. The number of hydrogen-bond donors (Lipinski definition) is 1. The van der Waals surface area contributed by atoms with Crippen molar-refractivity contribution < 1.29 is 31.3 Å². The van der Waals surface area contributed by atoms with Gasteiger partial charge in [0, 0.05) is 32.7 Å². The molecule has 0 amide bonds. The van der Waals surface area contributed by atoms with Crippen LogP contribution in [0.4, 0.5) is 0 Å². The van der Waals surface area contributed by atoms with Crippen molar-refractivity contribution in [2.24, 2.45) is 0 Å². The topological polar surface area (TPSA) is 23.5 Å². The van der Waals surface area contributed by atoms with E-state index in [1.54, 1.807) is 0 Å². The number of aliphatic hydroxyl groups is 1. The van der Waals surface area contributed by atoms with Crippen molar-refractivity contribution in [1.82, 2.24) is 4.90 Å². The Kier molecular flexibility index (Phi) is 7.31. The number of rotatable bonds is 3. The number of nitrogens with zero attached hydrogens (tertiary/aromatic N) is 1. The van der Waals surface area contributed by atoms with E-state index in [4.69, 9.17) is 0 Å². The van der Waals surface area contributed by atoms with Crippen LogP contribution in [-0.4, -0.2) is 36.2 Å². The molecule has 0 saturated heterocycles. The van der Waals surface area contributed by atoms with Gasteiger partial charge in [0.2, 0.25) is 0 Å². The third-order valence-electron chi connectivity index (χ3n) is 1.42. The van der Waals surface area contributed by atoms with Crippen molar-refractivity contribution in [3.8, 4) is 0 Å². The van der Waals surface area contributed by atoms with Gasteiger partial charge in [-0.25, -0.2) is 0 Å². The summed E-state index contributed by atoms with van der Waals surface area (Å²) in [6.45, 7) is 4.58. The Labute approximate surface area is 82.7 Å². The third kappa shape index (κ3) is 6.92. The van der Waals surface area contributed by atoms with Crippen molar-refractivity contribution in [2.75, 3.05) is 20.6 Å². The van der Waals surface area contributed by atoms with Gasteiger partial charge in [-0.2, -0.15) is 0 Å². The predicted molar refractivity (Wildman–Crippen MR) is 39.5 cm³/mol. The molecule has 2 nitrogen and oxygen atoms in total. The largest absolute Gasteiger partial charge is 0.389 e. The summed E-state index contributed by atoms with van der Waals surface area (Å²) >= 11 is 0. The Bertz CT molecular complexity index is 83.7. The number of likely N-dealkylation sites (N-methyl/N-ethyl adjacent to an activating group) is 1. The average molecular weight is 222 g/mol. The standard InChI is InChI=1S/C7H17NO.Zr/c1-5-7(2,9)6-8(3)4;/h9H,5-6H2,1-4H3;. The van der Waals surface area contributed by atoms with E-state index < -0.39 is 5.60 Å². The first-order valence-electron chi connectivity index (χ1n) is 3.35. The van der Waals surface area contributed by atoms with Crippen molar-refractivity contribution in [3.63, 3.8) is 0 Å². The first kappa shape index (κ1) is 13.4. The molecular weight excluding hydrogens is 205 g/mol. The molecule has 0 radical (unpaired) electrons. The first-order chi connectivity index (χ1) is 3.98. The Morgan fingerprint density at radius 3 is 1.90 bits per heavy atom. The summed E-state index contributed by atoms with van der Waals surface area (Å²) < 4.78 is 0. The molecule has 0 aliphatic carbocycles. The average Bonchev–Trinajstić information content (AvgIpc) is 1.63. The molecule has 0 heterocycles. The van der Waals surface area contributed by atoms with Gasteiger partial charge < -0.3 is 10.0 Å². The molecule has 10 heavy (non-hydrogen) atoms. The van der Waals surface area contributed by atoms with Crippen molar-refractivity contribution in [1.29, 1.82) is 0 Å². The van der Waals surface area contributed by atoms with Crippen molar-refractivity contribution in [3.05, 3.63) is 0 Å². The SMILES string of the molecule is CCC(C)(O)CN(C)C.[Zr]. The van der Waals surface area contributed by atoms with Gasteiger partial charge in [-0.05, 0) is 27.4 Å². The maximum Gasteiger partial charge on any atom is 0.0743 e. The van der Waals surface area contributed by atoms with Gasteiger partial charge >= 0.3 is 0 Å². The summed E-state index contributed by atoms with van der Waals surface area (Å²) in [5, 5.41) is 9.45. The van der Waals surface area contributed by atoms with E-state index in [0.29, 0.717) is 0 Å². The molecule has 1 atom stereocenters. The molecule has 0 saturated carbocycles. The van der Waals surface area contributed by atoms with Crippen LogP contribution in [0.2, 0.25) is 0 Å². The van der Waals surface area contributed by atoms with Crippen LogP contribution in [0.3, 0.4) is 0 Å². The van der Waals surface area contributed by atoms with E-state index in [1.807, 2.05) is 32.8 Å². The molecular formula is C7H17NOZr. The smallest absolute Gasteiger partial charge is 0.0743 e. The fourth-order valence-corrected chi connectivity index (χ4v) is 0.793. The predicted octanol–water partition coefficient (Wildman–Crippen LogP) is 0.707. The molecule has 0 aromatic rings. The van der Waals surface area contributed by atoms with Crippen LogP contribution in [0.15, 0.2) is 0 Å². The maximum atomic E-state index is 9.45. The maximum absolute atomic E-state index is 9.45. The van der Waals surface area contributed by atoms with E-state index in [2.05, 4.69) is 0 Å². The second kappa shape index (κ2) is 5.45. The quantitative estimate of drug-likeness (QED) is 0.760. The van der Waals surface area contributed by atoms with E-state index in [1.165, 1.54) is 0 Å². The minimum absolute atomic E-state index is 0. The summed E-state index contributed by atoms with van der Waals surface area (Å²) in [6.07, 6.45) is 0.811. The van der Waals surface area contributed by atoms with Gasteiger partial charge in [0.1, 0.15) is 0 Å². The Morgan fingerprint density at radius 2 is 1.80 bits per heavy atom. The Morgan fingerprint density at radius 1 is 1.40 bits per heavy atom. The fraction of sp³-hybridized carbons (Fsp3) is 1.00. The first-order valence-corrected chi connectivity index (χ1v) is 3.35. The molecule has 0 fully saturated rings. The van der Waals surface area contributed by atoms with Gasteiger partial charge in [0.25, 0.3) is 0 Å². The van der Waals surface area contributed by atoms with Crippen molar-refractivity contribution >= 4 is 0 Å². The summed E-state index contributed by atoms with van der Waals surface area (Å²) in [5.74, 6) is 0. The summed E-state index contributed by atoms with van der Waals surface area (Å²) in [6, 6.07) is 0. The zero-order valence-corrected chi connectivity index (χ0v) is 9.77.